The van der Waals surface area contributed by atoms with Crippen molar-refractivity contribution in [2.45, 2.75) is 32.9 Å². The quantitative estimate of drug-likeness (QED) is 0.701. The minimum Gasteiger partial charge on any atom is -0.347 e. The number of nitrogens with zero attached hydrogens (tertiary/aromatic N) is 5. The van der Waals surface area contributed by atoms with Crippen LogP contribution in [0.3, 0.4) is 0 Å². The van der Waals surface area contributed by atoms with Crippen LogP contribution in [0.15, 0.2) is 24.3 Å². The van der Waals surface area contributed by atoms with E-state index in [0.29, 0.717) is 0 Å². The number of likely N-dealkylation sites (tertiary alicyclic amines) is 1. The van der Waals surface area contributed by atoms with Crippen molar-refractivity contribution < 1.29 is 0 Å². The molecule has 2 aromatic heterocycles. The highest BCUT2D eigenvalue weighted by molar-refractivity contribution is 7.22. The van der Waals surface area contributed by atoms with Crippen LogP contribution < -0.4 is 4.90 Å². The van der Waals surface area contributed by atoms with Gasteiger partial charge in [0.05, 0.1) is 10.4 Å². The molecule has 25 heavy (non-hydrogen) atoms. The van der Waals surface area contributed by atoms with E-state index in [0.717, 1.165) is 29.6 Å². The third-order valence-corrected chi connectivity index (χ3v) is 6.25. The van der Waals surface area contributed by atoms with Crippen LogP contribution in [0.4, 0.5) is 5.13 Å². The topological polar surface area (TPSA) is 37.2 Å². The SMILES string of the molecule is Cc1nn(C)c2nc(N(C)Cc3ccccc3CN3CCCC3)sc12. The van der Waals surface area contributed by atoms with Gasteiger partial charge in [-0.3, -0.25) is 4.90 Å². The van der Waals surface area contributed by atoms with Crippen LogP contribution in [0.25, 0.3) is 10.3 Å². The largest absolute Gasteiger partial charge is 0.347 e. The summed E-state index contributed by atoms with van der Waals surface area (Å²) in [4.78, 5) is 9.61. The van der Waals surface area contributed by atoms with Gasteiger partial charge in [-0.25, -0.2) is 9.67 Å². The third-order valence-electron chi connectivity index (χ3n) is 4.98. The van der Waals surface area contributed by atoms with Gasteiger partial charge in [-0.1, -0.05) is 35.6 Å². The first-order valence-corrected chi connectivity index (χ1v) is 9.74. The zero-order valence-electron chi connectivity index (χ0n) is 15.2. The molecule has 1 aliphatic rings. The first-order valence-electron chi connectivity index (χ1n) is 8.92. The van der Waals surface area contributed by atoms with E-state index >= 15 is 0 Å². The fourth-order valence-corrected chi connectivity index (χ4v) is 4.60. The lowest BCUT2D eigenvalue weighted by atomic mass is 10.1. The van der Waals surface area contributed by atoms with E-state index in [1.807, 2.05) is 11.7 Å². The lowest BCUT2D eigenvalue weighted by Crippen LogP contribution is -2.22. The van der Waals surface area contributed by atoms with Crippen molar-refractivity contribution >= 4 is 26.8 Å². The summed E-state index contributed by atoms with van der Waals surface area (Å²) in [6.07, 6.45) is 2.67. The Morgan fingerprint density at radius 1 is 1.16 bits per heavy atom. The molecular formula is C19H25N5S. The Morgan fingerprint density at radius 3 is 2.60 bits per heavy atom. The Labute approximate surface area is 152 Å². The molecule has 5 nitrogen and oxygen atoms in total. The predicted octanol–water partition coefficient (Wildman–Crippen LogP) is 3.57. The third kappa shape index (κ3) is 3.28. The fourth-order valence-electron chi connectivity index (χ4n) is 3.61. The van der Waals surface area contributed by atoms with Crippen molar-refractivity contribution in [3.63, 3.8) is 0 Å². The Bertz CT molecular complexity index is 841. The summed E-state index contributed by atoms with van der Waals surface area (Å²) in [6, 6.07) is 8.82. The monoisotopic (exact) mass is 355 g/mol. The van der Waals surface area contributed by atoms with Gasteiger partial charge >= 0.3 is 0 Å². The molecule has 0 spiro atoms. The van der Waals surface area contributed by atoms with Crippen molar-refractivity contribution in [3.05, 3.63) is 41.1 Å². The molecule has 4 rings (SSSR count). The number of hydrogen-bond donors (Lipinski definition) is 0. The molecule has 1 aliphatic heterocycles. The number of fused-ring (bicyclic) bond motifs is 1. The van der Waals surface area contributed by atoms with Crippen LogP contribution in [-0.4, -0.2) is 39.8 Å². The maximum Gasteiger partial charge on any atom is 0.188 e. The molecule has 1 aromatic carbocycles. The van der Waals surface area contributed by atoms with Crippen LogP contribution in [0.2, 0.25) is 0 Å². The summed E-state index contributed by atoms with van der Waals surface area (Å²) < 4.78 is 3.06. The number of anilines is 1. The number of aryl methyl sites for hydroxylation is 2. The molecule has 0 unspecified atom stereocenters. The second kappa shape index (κ2) is 6.77. The molecule has 132 valence electrons. The molecule has 0 atom stereocenters. The summed E-state index contributed by atoms with van der Waals surface area (Å²) in [5.74, 6) is 0. The zero-order chi connectivity index (χ0) is 17.4. The van der Waals surface area contributed by atoms with E-state index in [2.05, 4.69) is 53.1 Å². The van der Waals surface area contributed by atoms with Gasteiger partial charge in [0.2, 0.25) is 0 Å². The molecule has 0 amide bonds. The van der Waals surface area contributed by atoms with Crippen LogP contribution in [-0.2, 0) is 20.1 Å². The Kier molecular flexibility index (Phi) is 4.48. The van der Waals surface area contributed by atoms with Crippen molar-refractivity contribution in [1.29, 1.82) is 0 Å². The normalized spacial score (nSPS) is 15.3. The lowest BCUT2D eigenvalue weighted by Gasteiger charge is -2.21. The molecule has 0 saturated carbocycles. The molecule has 1 saturated heterocycles. The second-order valence-corrected chi connectivity index (χ2v) is 7.94. The van der Waals surface area contributed by atoms with Gasteiger partial charge in [0.25, 0.3) is 0 Å². The van der Waals surface area contributed by atoms with E-state index in [4.69, 9.17) is 4.98 Å². The van der Waals surface area contributed by atoms with E-state index in [-0.39, 0.29) is 0 Å². The summed E-state index contributed by atoms with van der Waals surface area (Å²) >= 11 is 1.73. The van der Waals surface area contributed by atoms with Crippen molar-refractivity contribution in [2.75, 3.05) is 25.0 Å². The van der Waals surface area contributed by atoms with E-state index in [9.17, 15) is 0 Å². The Morgan fingerprint density at radius 2 is 1.88 bits per heavy atom. The van der Waals surface area contributed by atoms with E-state index in [1.54, 1.807) is 11.3 Å². The number of benzene rings is 1. The number of hydrogen-bond acceptors (Lipinski definition) is 5. The fraction of sp³-hybridized carbons (Fsp3) is 0.474. The maximum absolute atomic E-state index is 4.80. The van der Waals surface area contributed by atoms with Gasteiger partial charge in [0.15, 0.2) is 10.8 Å². The summed E-state index contributed by atoms with van der Waals surface area (Å²) in [7, 11) is 4.09. The summed E-state index contributed by atoms with van der Waals surface area (Å²) in [5.41, 5.74) is 4.87. The summed E-state index contributed by atoms with van der Waals surface area (Å²) in [6.45, 7) is 6.46. The first kappa shape index (κ1) is 16.5. The molecular weight excluding hydrogens is 330 g/mol. The highest BCUT2D eigenvalue weighted by Crippen LogP contribution is 2.31. The smallest absolute Gasteiger partial charge is 0.188 e. The van der Waals surface area contributed by atoms with Gasteiger partial charge < -0.3 is 4.90 Å². The Balaban J connectivity index is 1.55. The molecule has 3 aromatic rings. The van der Waals surface area contributed by atoms with Gasteiger partial charge in [-0.2, -0.15) is 5.10 Å². The molecule has 0 bridgehead atoms. The van der Waals surface area contributed by atoms with Crippen molar-refractivity contribution in [3.8, 4) is 0 Å². The van der Waals surface area contributed by atoms with E-state index in [1.165, 1.54) is 41.8 Å². The average Bonchev–Trinajstić information content (AvgIpc) is 3.30. The molecule has 3 heterocycles. The predicted molar refractivity (Wildman–Crippen MR) is 104 cm³/mol. The molecule has 6 heteroatoms. The van der Waals surface area contributed by atoms with Gasteiger partial charge in [-0.15, -0.1) is 0 Å². The highest BCUT2D eigenvalue weighted by atomic mass is 32.1. The van der Waals surface area contributed by atoms with Gasteiger partial charge in [0.1, 0.15) is 0 Å². The van der Waals surface area contributed by atoms with Crippen molar-refractivity contribution in [1.82, 2.24) is 19.7 Å². The minimum absolute atomic E-state index is 0.885. The minimum atomic E-state index is 0.885. The molecule has 0 aliphatic carbocycles. The lowest BCUT2D eigenvalue weighted by molar-refractivity contribution is 0.330. The first-order chi connectivity index (χ1) is 12.1. The second-order valence-electron chi connectivity index (χ2n) is 6.97. The molecule has 0 N–H and O–H groups in total. The van der Waals surface area contributed by atoms with Crippen LogP contribution >= 0.6 is 11.3 Å². The number of thiazole rings is 1. The van der Waals surface area contributed by atoms with Gasteiger partial charge in [-0.05, 0) is 44.0 Å². The highest BCUT2D eigenvalue weighted by Gasteiger charge is 2.17. The van der Waals surface area contributed by atoms with E-state index < -0.39 is 0 Å². The van der Waals surface area contributed by atoms with Gasteiger partial charge in [0, 0.05) is 27.2 Å². The molecule has 1 fully saturated rings. The Hall–Kier alpha value is -1.92. The van der Waals surface area contributed by atoms with Crippen LogP contribution in [0, 0.1) is 6.92 Å². The number of rotatable bonds is 5. The zero-order valence-corrected chi connectivity index (χ0v) is 16.0. The van der Waals surface area contributed by atoms with Crippen molar-refractivity contribution in [2.24, 2.45) is 7.05 Å². The summed E-state index contributed by atoms with van der Waals surface area (Å²) in [5, 5.41) is 5.50. The standard InChI is InChI=1S/C19H25N5S/c1-14-17-18(23(3)21-14)20-19(25-17)22(2)12-15-8-4-5-9-16(15)13-24-10-6-7-11-24/h4-5,8-9H,6-7,10-13H2,1-3H3. The number of aromatic nitrogens is 3. The molecule has 0 radical (unpaired) electrons. The maximum atomic E-state index is 4.80. The average molecular weight is 356 g/mol. The van der Waals surface area contributed by atoms with Crippen LogP contribution in [0.1, 0.15) is 29.7 Å². The van der Waals surface area contributed by atoms with Crippen LogP contribution in [0.5, 0.6) is 0 Å².